The van der Waals surface area contributed by atoms with Gasteiger partial charge in [0.1, 0.15) is 27.5 Å². The molecule has 2 aromatic heterocycles. The summed E-state index contributed by atoms with van der Waals surface area (Å²) in [7, 11) is 0. The number of anilines is 1. The van der Waals surface area contributed by atoms with Gasteiger partial charge in [-0.15, -0.1) is 21.5 Å². The number of rotatable bonds is 3. The molecular weight excluding hydrogens is 332 g/mol. The molecule has 2 atom stereocenters. The summed E-state index contributed by atoms with van der Waals surface area (Å²) >= 11 is 1.68. The topological polar surface area (TPSA) is 67.2 Å². The minimum atomic E-state index is 0.404. The summed E-state index contributed by atoms with van der Waals surface area (Å²) in [5, 5.41) is 10.6. The first-order valence-electron chi connectivity index (χ1n) is 8.36. The fourth-order valence-electron chi connectivity index (χ4n) is 3.11. The molecule has 7 heteroatoms. The Balaban J connectivity index is 1.63. The zero-order valence-electron chi connectivity index (χ0n) is 14.8. The highest BCUT2D eigenvalue weighted by atomic mass is 32.1. The Morgan fingerprint density at radius 3 is 2.68 bits per heavy atom. The molecule has 4 rings (SSSR count). The summed E-state index contributed by atoms with van der Waals surface area (Å²) in [4.78, 5) is 15.9. The van der Waals surface area contributed by atoms with Crippen LogP contribution in [0.3, 0.4) is 0 Å². The quantitative estimate of drug-likeness (QED) is 0.839. The molecule has 3 heterocycles. The second-order valence-corrected chi connectivity index (χ2v) is 7.70. The van der Waals surface area contributed by atoms with Crippen LogP contribution in [0.2, 0.25) is 0 Å². The maximum atomic E-state index is 4.68. The molecule has 0 N–H and O–H groups in total. The molecule has 0 aromatic carbocycles. The Bertz CT molecular complexity index is 910. The number of nitrogens with zero attached hydrogens (tertiary/aromatic N) is 6. The predicted octanol–water partition coefficient (Wildman–Crippen LogP) is 3.87. The summed E-state index contributed by atoms with van der Waals surface area (Å²) in [6, 6.07) is 2.08. The van der Waals surface area contributed by atoms with E-state index in [9.17, 15) is 0 Å². The molecule has 1 saturated carbocycles. The molecule has 0 bridgehead atoms. The number of hydrogen-bond acceptors (Lipinski definition) is 7. The number of aliphatic imine (C=N–C) groups is 1. The largest absolute Gasteiger partial charge is 0.290 e. The molecule has 0 spiro atoms. The maximum Gasteiger partial charge on any atom is 0.141 e. The van der Waals surface area contributed by atoms with Crippen LogP contribution in [0.1, 0.15) is 53.6 Å². The Hall–Kier alpha value is -2.41. The third kappa shape index (κ3) is 3.24. The van der Waals surface area contributed by atoms with E-state index < -0.39 is 0 Å². The van der Waals surface area contributed by atoms with Crippen LogP contribution in [0, 0.1) is 13.8 Å². The second-order valence-electron chi connectivity index (χ2n) is 6.48. The molecule has 1 fully saturated rings. The van der Waals surface area contributed by atoms with Crippen LogP contribution >= 0.6 is 11.3 Å². The number of aromatic nitrogens is 4. The van der Waals surface area contributed by atoms with Crippen molar-refractivity contribution in [3.63, 3.8) is 0 Å². The first-order valence-corrected chi connectivity index (χ1v) is 9.18. The Morgan fingerprint density at radius 2 is 1.92 bits per heavy atom. The SMILES string of the molecule is CC1=CC=CN(c2cc(C3CC3c3nnc(C)s3)nc(C)n2)C(C)=N1. The normalized spacial score (nSPS) is 22.5. The van der Waals surface area contributed by atoms with E-state index in [1.165, 1.54) is 0 Å². The lowest BCUT2D eigenvalue weighted by Crippen LogP contribution is -2.23. The van der Waals surface area contributed by atoms with E-state index in [1.54, 1.807) is 11.3 Å². The van der Waals surface area contributed by atoms with Crippen LogP contribution < -0.4 is 4.90 Å². The van der Waals surface area contributed by atoms with Gasteiger partial charge in [-0.1, -0.05) is 0 Å². The van der Waals surface area contributed by atoms with Crippen molar-refractivity contribution in [3.05, 3.63) is 51.6 Å². The van der Waals surface area contributed by atoms with Crippen molar-refractivity contribution in [3.8, 4) is 0 Å². The average molecular weight is 352 g/mol. The zero-order valence-corrected chi connectivity index (χ0v) is 15.6. The third-order valence-corrected chi connectivity index (χ3v) is 5.35. The Morgan fingerprint density at radius 1 is 1.08 bits per heavy atom. The molecule has 25 heavy (non-hydrogen) atoms. The molecule has 1 aliphatic heterocycles. The lowest BCUT2D eigenvalue weighted by molar-refractivity contribution is 0.888. The third-order valence-electron chi connectivity index (χ3n) is 4.38. The van der Waals surface area contributed by atoms with Crippen molar-refractivity contribution >= 4 is 23.0 Å². The van der Waals surface area contributed by atoms with E-state index in [-0.39, 0.29) is 0 Å². The van der Waals surface area contributed by atoms with Gasteiger partial charge in [0.25, 0.3) is 0 Å². The molecule has 1 aliphatic carbocycles. The summed E-state index contributed by atoms with van der Waals surface area (Å²) in [5.74, 6) is 3.38. The maximum absolute atomic E-state index is 4.68. The molecule has 2 aliphatic rings. The fraction of sp³-hybridized carbons (Fsp3) is 0.389. The fourth-order valence-corrected chi connectivity index (χ4v) is 3.99. The number of hydrogen-bond donors (Lipinski definition) is 0. The van der Waals surface area contributed by atoms with Crippen molar-refractivity contribution in [1.82, 2.24) is 20.2 Å². The van der Waals surface area contributed by atoms with E-state index in [0.717, 1.165) is 45.3 Å². The number of allylic oxidation sites excluding steroid dienone is 3. The van der Waals surface area contributed by atoms with Crippen LogP contribution in [0.5, 0.6) is 0 Å². The summed E-state index contributed by atoms with van der Waals surface area (Å²) in [6.45, 7) is 7.92. The monoisotopic (exact) mass is 352 g/mol. The van der Waals surface area contributed by atoms with Gasteiger partial charge in [0.05, 0.1) is 5.69 Å². The minimum absolute atomic E-state index is 0.404. The van der Waals surface area contributed by atoms with E-state index in [0.29, 0.717) is 11.8 Å². The number of amidine groups is 1. The highest BCUT2D eigenvalue weighted by molar-refractivity contribution is 7.11. The van der Waals surface area contributed by atoms with Crippen LogP contribution in [-0.4, -0.2) is 26.0 Å². The highest BCUT2D eigenvalue weighted by Gasteiger charge is 2.43. The molecule has 0 amide bonds. The summed E-state index contributed by atoms with van der Waals surface area (Å²) < 4.78 is 0. The van der Waals surface area contributed by atoms with E-state index in [4.69, 9.17) is 0 Å². The predicted molar refractivity (Wildman–Crippen MR) is 100.0 cm³/mol. The summed E-state index contributed by atoms with van der Waals surface area (Å²) in [6.07, 6.45) is 7.07. The Kier molecular flexibility index (Phi) is 3.95. The van der Waals surface area contributed by atoms with Gasteiger partial charge in [0, 0.05) is 29.8 Å². The molecular formula is C18H20N6S. The molecule has 128 valence electrons. The molecule has 6 nitrogen and oxygen atoms in total. The first-order chi connectivity index (χ1) is 12.0. The standard InChI is InChI=1S/C18H20N6S/c1-10-6-5-7-24(12(3)19-10)17-9-16(20-11(2)21-17)14-8-15(14)18-23-22-13(4)25-18/h5-7,9,14-15H,8H2,1-4H3. The van der Waals surface area contributed by atoms with Gasteiger partial charge in [-0.3, -0.25) is 4.90 Å². The van der Waals surface area contributed by atoms with Crippen LogP contribution in [-0.2, 0) is 0 Å². The van der Waals surface area contributed by atoms with Gasteiger partial charge in [-0.25, -0.2) is 15.0 Å². The van der Waals surface area contributed by atoms with E-state index in [2.05, 4.69) is 31.2 Å². The highest BCUT2D eigenvalue weighted by Crippen LogP contribution is 2.54. The van der Waals surface area contributed by atoms with Gasteiger partial charge >= 0.3 is 0 Å². The molecule has 0 radical (unpaired) electrons. The zero-order chi connectivity index (χ0) is 17.6. The molecule has 2 aromatic rings. The summed E-state index contributed by atoms with van der Waals surface area (Å²) in [5.41, 5.74) is 2.06. The first kappa shape index (κ1) is 16.1. The molecule has 0 saturated heterocycles. The van der Waals surface area contributed by atoms with Crippen molar-refractivity contribution in [2.45, 2.75) is 46.0 Å². The minimum Gasteiger partial charge on any atom is -0.290 e. The number of aryl methyl sites for hydroxylation is 2. The van der Waals surface area contributed by atoms with Gasteiger partial charge in [-0.05, 0) is 46.3 Å². The molecule has 2 unspecified atom stereocenters. The van der Waals surface area contributed by atoms with Gasteiger partial charge in [0.2, 0.25) is 0 Å². The van der Waals surface area contributed by atoms with Crippen molar-refractivity contribution in [2.75, 3.05) is 4.90 Å². The van der Waals surface area contributed by atoms with Crippen LogP contribution in [0.4, 0.5) is 5.82 Å². The van der Waals surface area contributed by atoms with Gasteiger partial charge < -0.3 is 0 Å². The van der Waals surface area contributed by atoms with E-state index >= 15 is 0 Å². The smallest absolute Gasteiger partial charge is 0.141 e. The van der Waals surface area contributed by atoms with Crippen LogP contribution in [0.15, 0.2) is 35.1 Å². The van der Waals surface area contributed by atoms with Crippen molar-refractivity contribution < 1.29 is 0 Å². The second kappa shape index (κ2) is 6.15. The van der Waals surface area contributed by atoms with E-state index in [1.807, 2.05) is 50.9 Å². The Labute approximate surface area is 151 Å². The van der Waals surface area contributed by atoms with Gasteiger partial charge in [0.15, 0.2) is 0 Å². The van der Waals surface area contributed by atoms with Crippen molar-refractivity contribution in [2.24, 2.45) is 4.99 Å². The van der Waals surface area contributed by atoms with Gasteiger partial charge in [-0.2, -0.15) is 0 Å². The average Bonchev–Trinajstić information content (AvgIpc) is 3.27. The lowest BCUT2D eigenvalue weighted by atomic mass is 10.2. The van der Waals surface area contributed by atoms with Crippen LogP contribution in [0.25, 0.3) is 0 Å². The lowest BCUT2D eigenvalue weighted by Gasteiger charge is -2.19. The van der Waals surface area contributed by atoms with Crippen molar-refractivity contribution in [1.29, 1.82) is 0 Å².